The van der Waals surface area contributed by atoms with Gasteiger partial charge < -0.3 is 14.8 Å². The molecule has 3 aromatic rings. The summed E-state index contributed by atoms with van der Waals surface area (Å²) in [5.41, 5.74) is 1.62. The number of thiophene rings is 1. The average molecular weight is 484 g/mol. The van der Waals surface area contributed by atoms with Crippen molar-refractivity contribution in [1.29, 1.82) is 0 Å². The van der Waals surface area contributed by atoms with Gasteiger partial charge in [-0.05, 0) is 60.4 Å². The smallest absolute Gasteiger partial charge is 0.271 e. The van der Waals surface area contributed by atoms with Gasteiger partial charge in [-0.25, -0.2) is 0 Å². The molecular formula is C26H30ClN3O2S. The number of fused-ring (bicyclic) bond motifs is 3. The van der Waals surface area contributed by atoms with E-state index in [9.17, 15) is 9.59 Å². The molecule has 1 aliphatic carbocycles. The van der Waals surface area contributed by atoms with E-state index in [4.69, 9.17) is 11.6 Å². The van der Waals surface area contributed by atoms with Crippen LogP contribution in [0.1, 0.15) is 56.1 Å². The Labute approximate surface area is 203 Å². The van der Waals surface area contributed by atoms with Crippen molar-refractivity contribution in [3.63, 3.8) is 0 Å². The lowest BCUT2D eigenvalue weighted by Crippen LogP contribution is -2.65. The molecule has 0 saturated heterocycles. The van der Waals surface area contributed by atoms with Gasteiger partial charge in [-0.1, -0.05) is 50.4 Å². The summed E-state index contributed by atoms with van der Waals surface area (Å²) in [5.74, 6) is 0.818. The lowest BCUT2D eigenvalue weighted by Gasteiger charge is -2.45. The molecule has 4 atom stereocenters. The number of hydrogen-bond donors (Lipinski definition) is 1. The molecule has 0 unspecified atom stereocenters. The molecule has 3 heterocycles. The zero-order valence-corrected chi connectivity index (χ0v) is 20.9. The minimum Gasteiger partial charge on any atom is -0.351 e. The Morgan fingerprint density at radius 3 is 2.73 bits per heavy atom. The van der Waals surface area contributed by atoms with Gasteiger partial charge in [-0.2, -0.15) is 0 Å². The molecule has 2 aliphatic rings. The van der Waals surface area contributed by atoms with Crippen LogP contribution in [0.15, 0.2) is 41.8 Å². The summed E-state index contributed by atoms with van der Waals surface area (Å²) < 4.78 is 3.10. The first-order valence-corrected chi connectivity index (χ1v) is 13.0. The van der Waals surface area contributed by atoms with Crippen molar-refractivity contribution in [2.24, 2.45) is 11.8 Å². The van der Waals surface area contributed by atoms with Gasteiger partial charge in [0.15, 0.2) is 0 Å². The van der Waals surface area contributed by atoms with E-state index in [-0.39, 0.29) is 17.9 Å². The van der Waals surface area contributed by atoms with Crippen LogP contribution in [-0.2, 0) is 17.9 Å². The van der Waals surface area contributed by atoms with Crippen molar-refractivity contribution in [3.05, 3.63) is 58.1 Å². The molecule has 1 N–H and O–H groups in total. The standard InChI is InChI=1S/C26H30ClN3O2S/c1-16-5-4-6-20(17(16)2)28-25(32)26(3)15-29-21-11-12-33-23(21)13-22(29)24(31)30(26)14-18-7-9-19(27)10-8-18/h7-13,16-17,20H,4-6,14-15H2,1-3H3,(H,28,32)/t16-,17+,20+,26+/m1/s1. The topological polar surface area (TPSA) is 54.3 Å². The van der Waals surface area contributed by atoms with E-state index in [1.54, 1.807) is 16.2 Å². The van der Waals surface area contributed by atoms with E-state index in [1.807, 2.05) is 53.3 Å². The Morgan fingerprint density at radius 1 is 1.21 bits per heavy atom. The number of nitrogens with zero attached hydrogens (tertiary/aromatic N) is 2. The van der Waals surface area contributed by atoms with Crippen LogP contribution in [0.4, 0.5) is 0 Å². The van der Waals surface area contributed by atoms with E-state index in [0.29, 0.717) is 35.6 Å². The minimum absolute atomic E-state index is 0.0708. The maximum Gasteiger partial charge on any atom is 0.271 e. The highest BCUT2D eigenvalue weighted by atomic mass is 35.5. The molecule has 2 amide bonds. The zero-order valence-electron chi connectivity index (χ0n) is 19.3. The molecular weight excluding hydrogens is 454 g/mol. The van der Waals surface area contributed by atoms with E-state index in [1.165, 1.54) is 6.42 Å². The molecule has 1 aliphatic heterocycles. The molecule has 0 spiro atoms. The number of carbonyl (C=O) groups is 2. The average Bonchev–Trinajstić information content (AvgIpc) is 3.38. The first-order valence-electron chi connectivity index (χ1n) is 11.7. The number of carbonyl (C=O) groups excluding carboxylic acids is 2. The van der Waals surface area contributed by atoms with Gasteiger partial charge in [-0.15, -0.1) is 11.3 Å². The molecule has 0 radical (unpaired) electrons. The Bertz CT molecular complexity index is 1200. The predicted molar refractivity (Wildman–Crippen MR) is 134 cm³/mol. The highest BCUT2D eigenvalue weighted by Crippen LogP contribution is 2.36. The summed E-state index contributed by atoms with van der Waals surface area (Å²) in [6.07, 6.45) is 3.31. The fourth-order valence-electron chi connectivity index (χ4n) is 5.40. The van der Waals surface area contributed by atoms with Crippen molar-refractivity contribution in [1.82, 2.24) is 14.8 Å². The number of amides is 2. The quantitative estimate of drug-likeness (QED) is 0.516. The number of halogens is 1. The molecule has 174 valence electrons. The molecule has 7 heteroatoms. The van der Waals surface area contributed by atoms with Gasteiger partial charge in [0, 0.05) is 17.6 Å². The second-order valence-corrected chi connectivity index (χ2v) is 11.3. The first-order chi connectivity index (χ1) is 15.8. The van der Waals surface area contributed by atoms with Crippen LogP contribution in [0.3, 0.4) is 0 Å². The number of benzene rings is 1. The van der Waals surface area contributed by atoms with Crippen molar-refractivity contribution in [2.45, 2.75) is 64.7 Å². The molecule has 1 aromatic carbocycles. The zero-order chi connectivity index (χ0) is 23.3. The summed E-state index contributed by atoms with van der Waals surface area (Å²) in [6, 6.07) is 11.6. The third kappa shape index (κ3) is 3.87. The summed E-state index contributed by atoms with van der Waals surface area (Å²) in [4.78, 5) is 29.4. The predicted octanol–water partition coefficient (Wildman–Crippen LogP) is 5.71. The van der Waals surface area contributed by atoms with Crippen molar-refractivity contribution in [2.75, 3.05) is 0 Å². The first kappa shape index (κ1) is 22.5. The number of rotatable bonds is 4. The number of aromatic nitrogens is 1. The molecule has 5 rings (SSSR count). The van der Waals surface area contributed by atoms with Crippen LogP contribution in [0, 0.1) is 11.8 Å². The van der Waals surface area contributed by atoms with Gasteiger partial charge in [0.05, 0.1) is 16.8 Å². The van der Waals surface area contributed by atoms with Crippen LogP contribution < -0.4 is 5.32 Å². The highest BCUT2D eigenvalue weighted by Gasteiger charge is 2.48. The van der Waals surface area contributed by atoms with Crippen LogP contribution in [0.2, 0.25) is 5.02 Å². The Morgan fingerprint density at radius 2 is 1.97 bits per heavy atom. The van der Waals surface area contributed by atoms with Gasteiger partial charge in [-0.3, -0.25) is 9.59 Å². The monoisotopic (exact) mass is 483 g/mol. The highest BCUT2D eigenvalue weighted by molar-refractivity contribution is 7.17. The molecule has 1 saturated carbocycles. The third-order valence-electron chi connectivity index (χ3n) is 7.82. The van der Waals surface area contributed by atoms with Crippen LogP contribution in [0.25, 0.3) is 10.2 Å². The van der Waals surface area contributed by atoms with Crippen molar-refractivity contribution in [3.8, 4) is 0 Å². The fraction of sp³-hybridized carbons (Fsp3) is 0.462. The summed E-state index contributed by atoms with van der Waals surface area (Å²) in [6.45, 7) is 7.20. The Balaban J connectivity index is 1.52. The normalized spacial score (nSPS) is 27.6. The second-order valence-electron chi connectivity index (χ2n) is 9.92. The van der Waals surface area contributed by atoms with E-state index in [2.05, 4.69) is 19.2 Å². The SMILES string of the molecule is C[C@H]1[C@H](C)CCC[C@@H]1NC(=O)[C@]1(C)Cn2c(cc3sccc32)C(=O)N1Cc1ccc(Cl)cc1. The van der Waals surface area contributed by atoms with Crippen LogP contribution in [-0.4, -0.2) is 32.9 Å². The molecule has 5 nitrogen and oxygen atoms in total. The number of nitrogens with one attached hydrogen (secondary N) is 1. The van der Waals surface area contributed by atoms with Gasteiger partial charge in [0.1, 0.15) is 11.2 Å². The Kier molecular flexibility index (Phi) is 5.78. The van der Waals surface area contributed by atoms with Crippen molar-refractivity contribution < 1.29 is 9.59 Å². The molecule has 2 aromatic heterocycles. The second kappa shape index (κ2) is 8.48. The lowest BCUT2D eigenvalue weighted by atomic mass is 9.77. The lowest BCUT2D eigenvalue weighted by molar-refractivity contribution is -0.134. The van der Waals surface area contributed by atoms with E-state index in [0.717, 1.165) is 28.6 Å². The van der Waals surface area contributed by atoms with E-state index >= 15 is 0 Å². The molecule has 33 heavy (non-hydrogen) atoms. The Hall–Kier alpha value is -2.31. The molecule has 0 bridgehead atoms. The summed E-state index contributed by atoms with van der Waals surface area (Å²) in [5, 5.41) is 6.04. The van der Waals surface area contributed by atoms with E-state index < -0.39 is 5.54 Å². The van der Waals surface area contributed by atoms with Gasteiger partial charge >= 0.3 is 0 Å². The van der Waals surface area contributed by atoms with Gasteiger partial charge in [0.2, 0.25) is 5.91 Å². The molecule has 1 fully saturated rings. The number of hydrogen-bond acceptors (Lipinski definition) is 3. The maximum absolute atomic E-state index is 13.9. The summed E-state index contributed by atoms with van der Waals surface area (Å²) in [7, 11) is 0. The van der Waals surface area contributed by atoms with Crippen LogP contribution in [0.5, 0.6) is 0 Å². The summed E-state index contributed by atoms with van der Waals surface area (Å²) >= 11 is 7.70. The minimum atomic E-state index is -1.00. The third-order valence-corrected chi connectivity index (χ3v) is 8.92. The van der Waals surface area contributed by atoms with Crippen molar-refractivity contribution >= 4 is 45.0 Å². The largest absolute Gasteiger partial charge is 0.351 e. The van der Waals surface area contributed by atoms with Crippen LogP contribution >= 0.6 is 22.9 Å². The van der Waals surface area contributed by atoms with Gasteiger partial charge in [0.25, 0.3) is 5.91 Å². The fourth-order valence-corrected chi connectivity index (χ4v) is 6.35. The maximum atomic E-state index is 13.9.